The quantitative estimate of drug-likeness (QED) is 0.0945. The largest absolute Gasteiger partial charge is 0.447 e. The van der Waals surface area contributed by atoms with Crippen LogP contribution in [0.3, 0.4) is 0 Å². The molecule has 0 N–H and O–H groups in total. The molecule has 0 saturated heterocycles. The molecule has 0 spiro atoms. The van der Waals surface area contributed by atoms with Crippen molar-refractivity contribution in [1.82, 2.24) is 14.7 Å². The highest BCUT2D eigenvalue weighted by molar-refractivity contribution is 7.10. The summed E-state index contributed by atoms with van der Waals surface area (Å²) in [5.74, 6) is 0. The minimum atomic E-state index is -0.340. The van der Waals surface area contributed by atoms with Gasteiger partial charge in [-0.1, -0.05) is 24.3 Å². The number of nitrogens with zero attached hydrogens (tertiary/aromatic N) is 3. The summed E-state index contributed by atoms with van der Waals surface area (Å²) < 4.78 is 22.3. The number of thiophene rings is 4. The number of rotatable bonds is 20. The minimum absolute atomic E-state index is 0.202. The van der Waals surface area contributed by atoms with Gasteiger partial charge < -0.3 is 23.8 Å². The van der Waals surface area contributed by atoms with E-state index in [4.69, 9.17) is 18.9 Å². The Morgan fingerprint density at radius 1 is 0.545 bits per heavy atom. The molecule has 0 fully saturated rings. The van der Waals surface area contributed by atoms with Crippen LogP contribution in [0, 0.1) is 0 Å². The summed E-state index contributed by atoms with van der Waals surface area (Å²) in [6, 6.07) is 16.0. The van der Waals surface area contributed by atoms with Gasteiger partial charge in [-0.05, 0) is 52.8 Å². The van der Waals surface area contributed by atoms with Gasteiger partial charge in [-0.2, -0.15) is 0 Å². The number of amides is 2. The van der Waals surface area contributed by atoms with E-state index in [-0.39, 0.29) is 25.4 Å². The van der Waals surface area contributed by atoms with E-state index < -0.39 is 0 Å². The summed E-state index contributed by atoms with van der Waals surface area (Å²) >= 11 is 6.50. The van der Waals surface area contributed by atoms with E-state index in [9.17, 15) is 9.59 Å². The van der Waals surface area contributed by atoms with Crippen LogP contribution >= 0.6 is 45.3 Å². The van der Waals surface area contributed by atoms with Crippen LogP contribution in [-0.2, 0) is 45.1 Å². The molecule has 4 aromatic rings. The zero-order valence-corrected chi connectivity index (χ0v) is 28.1. The highest BCUT2D eigenvalue weighted by Gasteiger charge is 2.18. The summed E-state index contributed by atoms with van der Waals surface area (Å²) in [5, 5.41) is 8.03. The molecule has 0 saturated carbocycles. The highest BCUT2D eigenvalue weighted by atomic mass is 32.1. The van der Waals surface area contributed by atoms with Crippen LogP contribution in [0.5, 0.6) is 0 Å². The maximum absolute atomic E-state index is 12.7. The van der Waals surface area contributed by atoms with Gasteiger partial charge >= 0.3 is 12.2 Å². The second-order valence-electron chi connectivity index (χ2n) is 9.79. The van der Waals surface area contributed by atoms with Crippen LogP contribution in [0.1, 0.15) is 19.5 Å². The van der Waals surface area contributed by atoms with Crippen molar-refractivity contribution in [3.8, 4) is 0 Å². The molecule has 238 valence electrons. The van der Waals surface area contributed by atoms with Crippen molar-refractivity contribution in [3.05, 3.63) is 89.6 Å². The fourth-order valence-electron chi connectivity index (χ4n) is 4.05. The number of hydrogen-bond donors (Lipinski definition) is 0. The van der Waals surface area contributed by atoms with Crippen LogP contribution in [0.15, 0.2) is 70.1 Å². The zero-order chi connectivity index (χ0) is 30.8. The zero-order valence-electron chi connectivity index (χ0n) is 24.8. The average molecular weight is 678 g/mol. The fourth-order valence-corrected chi connectivity index (χ4v) is 6.93. The van der Waals surface area contributed by atoms with Gasteiger partial charge in [0.2, 0.25) is 0 Å². The Morgan fingerprint density at radius 3 is 1.18 bits per heavy atom. The molecule has 2 amide bonds. The molecule has 0 atom stereocenters. The third-order valence-electron chi connectivity index (χ3n) is 6.36. The van der Waals surface area contributed by atoms with Crippen molar-refractivity contribution < 1.29 is 28.5 Å². The summed E-state index contributed by atoms with van der Waals surface area (Å²) in [5.41, 5.74) is 0. The van der Waals surface area contributed by atoms with Crippen molar-refractivity contribution in [3.63, 3.8) is 0 Å². The van der Waals surface area contributed by atoms with Gasteiger partial charge in [-0.3, -0.25) is 9.80 Å². The van der Waals surface area contributed by atoms with Crippen LogP contribution in [-0.4, -0.2) is 86.7 Å². The molecule has 4 heterocycles. The third kappa shape index (κ3) is 12.7. The van der Waals surface area contributed by atoms with Gasteiger partial charge in [-0.25, -0.2) is 9.59 Å². The maximum Gasteiger partial charge on any atom is 0.410 e. The maximum atomic E-state index is 12.7. The molecule has 0 aromatic carbocycles. The van der Waals surface area contributed by atoms with Crippen molar-refractivity contribution in [2.24, 2.45) is 0 Å². The summed E-state index contributed by atoms with van der Waals surface area (Å²) in [6.45, 7) is 5.64. The van der Waals surface area contributed by atoms with Gasteiger partial charge in [0.1, 0.15) is 13.2 Å². The van der Waals surface area contributed by atoms with E-state index in [0.717, 1.165) is 32.6 Å². The Bertz CT molecular complexity index is 1130. The lowest BCUT2D eigenvalue weighted by Crippen LogP contribution is -2.32. The van der Waals surface area contributed by atoms with E-state index in [2.05, 4.69) is 4.90 Å². The first-order valence-corrected chi connectivity index (χ1v) is 17.9. The molecule has 9 nitrogen and oxygen atoms in total. The smallest absolute Gasteiger partial charge is 0.410 e. The first-order chi connectivity index (χ1) is 21.6. The van der Waals surface area contributed by atoms with Crippen molar-refractivity contribution in [2.75, 3.05) is 59.8 Å². The molecule has 4 rings (SSSR count). The van der Waals surface area contributed by atoms with E-state index in [1.54, 1.807) is 55.1 Å². The molecule has 0 radical (unpaired) electrons. The lowest BCUT2D eigenvalue weighted by atomic mass is 10.4. The lowest BCUT2D eigenvalue weighted by Gasteiger charge is -2.21. The summed E-state index contributed by atoms with van der Waals surface area (Å²) in [7, 11) is 1.99. The molecule has 13 heteroatoms. The Morgan fingerprint density at radius 2 is 0.886 bits per heavy atom. The second kappa shape index (κ2) is 19.6. The predicted molar refractivity (Wildman–Crippen MR) is 178 cm³/mol. The van der Waals surface area contributed by atoms with Gasteiger partial charge in [0.15, 0.2) is 0 Å². The van der Waals surface area contributed by atoms with E-state index in [1.165, 1.54) is 0 Å². The first kappa shape index (κ1) is 34.1. The summed E-state index contributed by atoms with van der Waals surface area (Å²) in [6.07, 6.45) is -0.679. The molecule has 0 unspecified atom stereocenters. The van der Waals surface area contributed by atoms with E-state index in [0.29, 0.717) is 52.6 Å². The normalized spacial score (nSPS) is 11.1. The number of ether oxygens (including phenoxy) is 4. The molecular weight excluding hydrogens is 639 g/mol. The SMILES string of the molecule is CN(CCOCCOC(=O)N(Cc1cccs1)Cc1cccs1)CCOCCOC(=O)N(Cc1cccs1)Cc1cccs1. The second-order valence-corrected chi connectivity index (χ2v) is 13.9. The Labute approximate surface area is 275 Å². The van der Waals surface area contributed by atoms with Gasteiger partial charge in [0.25, 0.3) is 0 Å². The van der Waals surface area contributed by atoms with Crippen molar-refractivity contribution in [2.45, 2.75) is 26.2 Å². The molecule has 4 aromatic heterocycles. The standard InChI is InChI=1S/C31H39N3O6S4/c1-32(10-12-37-14-16-39-30(35)33(22-26-6-2-18-41-26)23-27-7-3-19-42-27)11-13-38-15-17-40-31(36)34(24-28-8-4-20-43-28)25-29-9-5-21-44-29/h2-9,18-21H,10-17,22-25H2,1H3. The Kier molecular flexibility index (Phi) is 15.2. The lowest BCUT2D eigenvalue weighted by molar-refractivity contribution is 0.0352. The molecular formula is C31H39N3O6S4. The van der Waals surface area contributed by atoms with Crippen LogP contribution in [0.25, 0.3) is 0 Å². The molecule has 0 aliphatic carbocycles. The van der Waals surface area contributed by atoms with Gasteiger partial charge in [-0.15, -0.1) is 45.3 Å². The minimum Gasteiger partial charge on any atom is -0.447 e. The number of hydrogen-bond acceptors (Lipinski definition) is 11. The van der Waals surface area contributed by atoms with E-state index >= 15 is 0 Å². The van der Waals surface area contributed by atoms with E-state index in [1.807, 2.05) is 77.1 Å². The highest BCUT2D eigenvalue weighted by Crippen LogP contribution is 2.19. The number of carbonyl (C=O) groups is 2. The fraction of sp³-hybridized carbons (Fsp3) is 0.419. The first-order valence-electron chi connectivity index (χ1n) is 14.3. The molecule has 0 aliphatic heterocycles. The van der Waals surface area contributed by atoms with Crippen LogP contribution in [0.2, 0.25) is 0 Å². The monoisotopic (exact) mass is 677 g/mol. The number of carbonyl (C=O) groups excluding carboxylic acids is 2. The Balaban J connectivity index is 1.02. The predicted octanol–water partition coefficient (Wildman–Crippen LogP) is 6.88. The average Bonchev–Trinajstić information content (AvgIpc) is 3.85. The van der Waals surface area contributed by atoms with Crippen molar-refractivity contribution >= 4 is 57.5 Å². The van der Waals surface area contributed by atoms with Gasteiger partial charge in [0.05, 0.1) is 52.6 Å². The summed E-state index contributed by atoms with van der Waals surface area (Å²) in [4.78, 5) is 35.5. The molecule has 0 aliphatic rings. The van der Waals surface area contributed by atoms with Crippen LogP contribution < -0.4 is 0 Å². The molecule has 0 bridgehead atoms. The van der Waals surface area contributed by atoms with Crippen molar-refractivity contribution in [1.29, 1.82) is 0 Å². The molecule has 44 heavy (non-hydrogen) atoms. The topological polar surface area (TPSA) is 80.8 Å². The Hall–Kier alpha value is -2.78. The third-order valence-corrected chi connectivity index (χ3v) is 9.81. The van der Waals surface area contributed by atoms with Gasteiger partial charge in [0, 0.05) is 32.6 Å². The number of likely N-dealkylation sites (N-methyl/N-ethyl adjacent to an activating group) is 1. The van der Waals surface area contributed by atoms with Crippen LogP contribution in [0.4, 0.5) is 9.59 Å².